The Morgan fingerprint density at radius 2 is 2.26 bits per heavy atom. The second-order valence-corrected chi connectivity index (χ2v) is 6.03. The summed E-state index contributed by atoms with van der Waals surface area (Å²) in [5.41, 5.74) is 5.82. The minimum atomic E-state index is 0.198. The first kappa shape index (κ1) is 14.3. The maximum atomic E-state index is 12.3. The van der Waals surface area contributed by atoms with Crippen molar-refractivity contribution in [3.8, 4) is 0 Å². The summed E-state index contributed by atoms with van der Waals surface area (Å²) in [4.78, 5) is 19.3. The zero-order valence-electron chi connectivity index (χ0n) is 11.3. The fraction of sp³-hybridized carbons (Fsp3) is 0.571. The fourth-order valence-corrected chi connectivity index (χ4v) is 3.35. The molecule has 19 heavy (non-hydrogen) atoms. The Balaban J connectivity index is 1.91. The highest BCUT2D eigenvalue weighted by atomic mass is 32.2. The summed E-state index contributed by atoms with van der Waals surface area (Å²) in [6.45, 7) is 3.60. The average molecular weight is 279 g/mol. The number of likely N-dealkylation sites (tertiary alicyclic amines) is 1. The molecule has 0 bridgehead atoms. The maximum absolute atomic E-state index is 12.3. The third-order valence-corrected chi connectivity index (χ3v) is 4.69. The zero-order chi connectivity index (χ0) is 13.7. The summed E-state index contributed by atoms with van der Waals surface area (Å²) in [7, 11) is 0. The van der Waals surface area contributed by atoms with Gasteiger partial charge in [-0.3, -0.25) is 9.78 Å². The van der Waals surface area contributed by atoms with Crippen molar-refractivity contribution in [3.63, 3.8) is 0 Å². The molecule has 1 aliphatic rings. The Morgan fingerprint density at radius 3 is 2.95 bits per heavy atom. The van der Waals surface area contributed by atoms with E-state index in [9.17, 15) is 4.79 Å². The van der Waals surface area contributed by atoms with Crippen LogP contribution in [0, 0.1) is 5.92 Å². The van der Waals surface area contributed by atoms with Gasteiger partial charge in [-0.2, -0.15) is 0 Å². The van der Waals surface area contributed by atoms with Crippen molar-refractivity contribution in [2.45, 2.75) is 30.7 Å². The predicted octanol–water partition coefficient (Wildman–Crippen LogP) is 1.76. The van der Waals surface area contributed by atoms with E-state index < -0.39 is 0 Å². The lowest BCUT2D eigenvalue weighted by Crippen LogP contribution is -2.51. The first-order chi connectivity index (χ1) is 9.22. The molecule has 0 aliphatic carbocycles. The largest absolute Gasteiger partial charge is 0.337 e. The Hall–Kier alpha value is -1.07. The van der Waals surface area contributed by atoms with Gasteiger partial charge in [-0.05, 0) is 30.9 Å². The van der Waals surface area contributed by atoms with Crippen LogP contribution in [-0.2, 0) is 4.79 Å². The standard InChI is InChI=1S/C14H21N3OS/c1-11-3-2-8-17(13(11)9-15)14(18)10-19-12-4-6-16-7-5-12/h4-7,11,13H,2-3,8-10,15H2,1H3. The van der Waals surface area contributed by atoms with E-state index in [0.717, 1.165) is 17.9 Å². The topological polar surface area (TPSA) is 59.2 Å². The molecule has 1 amide bonds. The van der Waals surface area contributed by atoms with Gasteiger partial charge in [-0.1, -0.05) is 6.92 Å². The molecule has 1 aromatic rings. The number of nitrogens with two attached hydrogens (primary N) is 1. The van der Waals surface area contributed by atoms with Crippen LogP contribution in [0.25, 0.3) is 0 Å². The van der Waals surface area contributed by atoms with Crippen LogP contribution in [-0.4, -0.2) is 40.7 Å². The number of hydrogen-bond acceptors (Lipinski definition) is 4. The molecule has 0 radical (unpaired) electrons. The van der Waals surface area contributed by atoms with Gasteiger partial charge in [0.25, 0.3) is 0 Å². The Kier molecular flexibility index (Phi) is 5.22. The number of nitrogens with zero attached hydrogens (tertiary/aromatic N) is 2. The lowest BCUT2D eigenvalue weighted by Gasteiger charge is -2.39. The molecule has 4 nitrogen and oxygen atoms in total. The monoisotopic (exact) mass is 279 g/mol. The predicted molar refractivity (Wildman–Crippen MR) is 77.9 cm³/mol. The first-order valence-corrected chi connectivity index (χ1v) is 7.73. The number of carbonyl (C=O) groups excluding carboxylic acids is 1. The van der Waals surface area contributed by atoms with E-state index in [1.807, 2.05) is 17.0 Å². The Bertz CT molecular complexity index is 412. The average Bonchev–Trinajstić information content (AvgIpc) is 2.45. The molecule has 1 saturated heterocycles. The van der Waals surface area contributed by atoms with Gasteiger partial charge < -0.3 is 10.6 Å². The van der Waals surface area contributed by atoms with Gasteiger partial charge >= 0.3 is 0 Å². The number of rotatable bonds is 4. The molecule has 2 atom stereocenters. The molecule has 2 rings (SSSR count). The number of amides is 1. The van der Waals surface area contributed by atoms with E-state index in [1.165, 1.54) is 6.42 Å². The van der Waals surface area contributed by atoms with E-state index >= 15 is 0 Å². The van der Waals surface area contributed by atoms with E-state index in [1.54, 1.807) is 24.2 Å². The summed E-state index contributed by atoms with van der Waals surface area (Å²) in [6.07, 6.45) is 5.75. The number of aromatic nitrogens is 1. The van der Waals surface area contributed by atoms with E-state index in [-0.39, 0.29) is 11.9 Å². The Labute approximate surface area is 118 Å². The van der Waals surface area contributed by atoms with Crippen molar-refractivity contribution >= 4 is 17.7 Å². The molecular weight excluding hydrogens is 258 g/mol. The lowest BCUT2D eigenvalue weighted by molar-refractivity contribution is -0.133. The molecule has 0 aromatic carbocycles. The van der Waals surface area contributed by atoms with Gasteiger partial charge in [0.05, 0.1) is 5.75 Å². The number of thioether (sulfide) groups is 1. The summed E-state index contributed by atoms with van der Waals surface area (Å²) in [5.74, 6) is 1.19. The van der Waals surface area contributed by atoms with Crippen molar-refractivity contribution in [3.05, 3.63) is 24.5 Å². The molecular formula is C14H21N3OS. The zero-order valence-corrected chi connectivity index (χ0v) is 12.1. The minimum absolute atomic E-state index is 0.198. The van der Waals surface area contributed by atoms with Crippen LogP contribution < -0.4 is 5.73 Å². The van der Waals surface area contributed by atoms with E-state index in [4.69, 9.17) is 5.73 Å². The van der Waals surface area contributed by atoms with Crippen molar-refractivity contribution in [2.75, 3.05) is 18.8 Å². The summed E-state index contributed by atoms with van der Waals surface area (Å²) in [6, 6.07) is 4.06. The van der Waals surface area contributed by atoms with Crippen molar-refractivity contribution < 1.29 is 4.79 Å². The molecule has 1 fully saturated rings. The quantitative estimate of drug-likeness (QED) is 0.853. The summed E-state index contributed by atoms with van der Waals surface area (Å²) >= 11 is 1.56. The van der Waals surface area contributed by atoms with Gasteiger partial charge in [-0.25, -0.2) is 0 Å². The van der Waals surface area contributed by atoms with Crippen molar-refractivity contribution in [1.29, 1.82) is 0 Å². The van der Waals surface area contributed by atoms with Crippen LogP contribution in [0.3, 0.4) is 0 Å². The summed E-state index contributed by atoms with van der Waals surface area (Å²) in [5, 5.41) is 0. The van der Waals surface area contributed by atoms with Crippen LogP contribution >= 0.6 is 11.8 Å². The van der Waals surface area contributed by atoms with Crippen LogP contribution in [0.5, 0.6) is 0 Å². The highest BCUT2D eigenvalue weighted by molar-refractivity contribution is 8.00. The highest BCUT2D eigenvalue weighted by Gasteiger charge is 2.30. The van der Waals surface area contributed by atoms with Gasteiger partial charge in [0.1, 0.15) is 0 Å². The SMILES string of the molecule is CC1CCCN(C(=O)CSc2ccncc2)C1CN. The van der Waals surface area contributed by atoms with Crippen molar-refractivity contribution in [2.24, 2.45) is 11.7 Å². The minimum Gasteiger partial charge on any atom is -0.337 e. The third kappa shape index (κ3) is 3.70. The van der Waals surface area contributed by atoms with Crippen LogP contribution in [0.2, 0.25) is 0 Å². The summed E-state index contributed by atoms with van der Waals surface area (Å²) < 4.78 is 0. The van der Waals surface area contributed by atoms with Gasteiger partial charge in [-0.15, -0.1) is 11.8 Å². The Morgan fingerprint density at radius 1 is 1.53 bits per heavy atom. The molecule has 2 unspecified atom stereocenters. The smallest absolute Gasteiger partial charge is 0.233 e. The first-order valence-electron chi connectivity index (χ1n) is 6.74. The fourth-order valence-electron chi connectivity index (χ4n) is 2.58. The highest BCUT2D eigenvalue weighted by Crippen LogP contribution is 2.24. The van der Waals surface area contributed by atoms with E-state index in [0.29, 0.717) is 18.2 Å². The van der Waals surface area contributed by atoms with Crippen LogP contribution in [0.1, 0.15) is 19.8 Å². The number of pyridine rings is 1. The second kappa shape index (κ2) is 6.91. The molecule has 0 saturated carbocycles. The van der Waals surface area contributed by atoms with Crippen molar-refractivity contribution in [1.82, 2.24) is 9.88 Å². The molecule has 1 aromatic heterocycles. The van der Waals surface area contributed by atoms with Gasteiger partial charge in [0, 0.05) is 36.4 Å². The van der Waals surface area contributed by atoms with E-state index in [2.05, 4.69) is 11.9 Å². The van der Waals surface area contributed by atoms with Crippen LogP contribution in [0.15, 0.2) is 29.4 Å². The normalized spacial score (nSPS) is 23.4. The molecule has 2 heterocycles. The second-order valence-electron chi connectivity index (χ2n) is 4.98. The van der Waals surface area contributed by atoms with Crippen LogP contribution in [0.4, 0.5) is 0 Å². The molecule has 104 valence electrons. The van der Waals surface area contributed by atoms with Gasteiger partial charge in [0.2, 0.25) is 5.91 Å². The number of hydrogen-bond donors (Lipinski definition) is 1. The number of carbonyl (C=O) groups is 1. The molecule has 2 N–H and O–H groups in total. The lowest BCUT2D eigenvalue weighted by atomic mass is 9.91. The number of piperidine rings is 1. The third-order valence-electron chi connectivity index (χ3n) is 3.69. The molecule has 5 heteroatoms. The molecule has 1 aliphatic heterocycles. The maximum Gasteiger partial charge on any atom is 0.233 e. The van der Waals surface area contributed by atoms with Gasteiger partial charge in [0.15, 0.2) is 0 Å². The molecule has 0 spiro atoms.